The Morgan fingerprint density at radius 2 is 1.71 bits per heavy atom. The van der Waals surface area contributed by atoms with Gasteiger partial charge >= 0.3 is 13.6 Å². The van der Waals surface area contributed by atoms with Crippen LogP contribution in [0.2, 0.25) is 0 Å². The second-order valence-corrected chi connectivity index (χ2v) is 6.26. The second kappa shape index (κ2) is 8.78. The molecule has 5 nitrogen and oxygen atoms in total. The molecule has 0 aliphatic rings. The molecule has 0 aromatic heterocycles. The van der Waals surface area contributed by atoms with Crippen LogP contribution >= 0.6 is 7.60 Å². The Hall–Kier alpha value is -1.42. The van der Waals surface area contributed by atoms with Crippen LogP contribution in [0.1, 0.15) is 25.0 Å². The van der Waals surface area contributed by atoms with Crippen LogP contribution in [0.15, 0.2) is 30.3 Å². The van der Waals surface area contributed by atoms with E-state index in [2.05, 4.69) is 4.74 Å². The molecule has 0 bridgehead atoms. The highest BCUT2D eigenvalue weighted by Gasteiger charge is 2.23. The minimum Gasteiger partial charge on any atom is -0.466 e. The lowest BCUT2D eigenvalue weighted by atomic mass is 10.1. The quantitative estimate of drug-likeness (QED) is 0.416. The molecule has 0 radical (unpaired) electrons. The summed E-state index contributed by atoms with van der Waals surface area (Å²) in [6.07, 6.45) is 3.23. The molecule has 0 fully saturated rings. The summed E-state index contributed by atoms with van der Waals surface area (Å²) in [4.78, 5) is 11.0. The third-order valence-electron chi connectivity index (χ3n) is 2.62. The van der Waals surface area contributed by atoms with Gasteiger partial charge in [-0.1, -0.05) is 24.3 Å². The van der Waals surface area contributed by atoms with Crippen molar-refractivity contribution in [1.29, 1.82) is 0 Å². The highest BCUT2D eigenvalue weighted by molar-refractivity contribution is 7.53. The number of ether oxygens (including phenoxy) is 1. The number of carbonyl (C=O) groups is 1. The molecule has 0 unspecified atom stereocenters. The molecule has 0 amide bonds. The minimum absolute atomic E-state index is 0.232. The fraction of sp³-hybridized carbons (Fsp3) is 0.400. The largest absolute Gasteiger partial charge is 0.466 e. The molecule has 0 saturated heterocycles. The second-order valence-electron chi connectivity index (χ2n) is 4.20. The van der Waals surface area contributed by atoms with Crippen molar-refractivity contribution >= 4 is 19.6 Å². The fourth-order valence-electron chi connectivity index (χ4n) is 1.71. The predicted molar refractivity (Wildman–Crippen MR) is 82.1 cm³/mol. The molecule has 0 heterocycles. The van der Waals surface area contributed by atoms with Crippen molar-refractivity contribution in [3.05, 3.63) is 41.5 Å². The predicted octanol–water partition coefficient (Wildman–Crippen LogP) is 3.64. The highest BCUT2D eigenvalue weighted by Crippen LogP contribution is 2.51. The average Bonchev–Trinajstić information content (AvgIpc) is 2.46. The van der Waals surface area contributed by atoms with Gasteiger partial charge in [-0.15, -0.1) is 0 Å². The van der Waals surface area contributed by atoms with Gasteiger partial charge in [-0.3, -0.25) is 4.57 Å². The number of methoxy groups -OCH3 is 1. The molecule has 116 valence electrons. The molecular formula is C15H21O5P. The molecule has 0 saturated carbocycles. The van der Waals surface area contributed by atoms with Crippen molar-refractivity contribution in [2.24, 2.45) is 0 Å². The summed E-state index contributed by atoms with van der Waals surface area (Å²) < 4.78 is 27.4. The Balaban J connectivity index is 2.75. The number of esters is 1. The van der Waals surface area contributed by atoms with Gasteiger partial charge in [0.1, 0.15) is 0 Å². The summed E-state index contributed by atoms with van der Waals surface area (Å²) in [6.45, 7) is 4.26. The first-order valence-corrected chi connectivity index (χ1v) is 8.49. The zero-order valence-corrected chi connectivity index (χ0v) is 13.5. The van der Waals surface area contributed by atoms with Gasteiger partial charge in [0.05, 0.1) is 26.5 Å². The number of hydrogen-bond donors (Lipinski definition) is 0. The lowest BCUT2D eigenvalue weighted by Gasteiger charge is -2.16. The molecule has 1 aromatic rings. The van der Waals surface area contributed by atoms with Crippen molar-refractivity contribution in [2.75, 3.05) is 20.3 Å². The topological polar surface area (TPSA) is 61.8 Å². The number of carbonyl (C=O) groups excluding carboxylic acids is 1. The molecule has 21 heavy (non-hydrogen) atoms. The third-order valence-corrected chi connectivity index (χ3v) is 4.68. The van der Waals surface area contributed by atoms with Gasteiger partial charge in [0.2, 0.25) is 0 Å². The highest BCUT2D eigenvalue weighted by atomic mass is 31.2. The standard InChI is InChI=1S/C15H21O5P/c1-4-19-21(17,20-5-2)12-14-8-6-13(7-9-14)10-11-15(16)18-3/h6-11H,4-5,12H2,1-3H3/b11-10+. The van der Waals surface area contributed by atoms with Crippen LogP contribution in [-0.4, -0.2) is 26.3 Å². The normalized spacial score (nSPS) is 11.8. The first-order valence-electron chi connectivity index (χ1n) is 6.76. The summed E-state index contributed by atoms with van der Waals surface area (Å²) in [5.41, 5.74) is 1.71. The van der Waals surface area contributed by atoms with Crippen LogP contribution in [0, 0.1) is 0 Å². The minimum atomic E-state index is -3.08. The van der Waals surface area contributed by atoms with Crippen molar-refractivity contribution < 1.29 is 23.1 Å². The van der Waals surface area contributed by atoms with Gasteiger partial charge in [-0.2, -0.15) is 0 Å². The van der Waals surface area contributed by atoms with Gasteiger partial charge in [-0.25, -0.2) is 4.79 Å². The van der Waals surface area contributed by atoms with Crippen LogP contribution in [0.5, 0.6) is 0 Å². The molecular weight excluding hydrogens is 291 g/mol. The zero-order valence-electron chi connectivity index (χ0n) is 12.6. The van der Waals surface area contributed by atoms with Crippen LogP contribution in [0.4, 0.5) is 0 Å². The summed E-state index contributed by atoms with van der Waals surface area (Å²) >= 11 is 0. The lowest BCUT2D eigenvalue weighted by molar-refractivity contribution is -0.134. The van der Waals surface area contributed by atoms with E-state index in [4.69, 9.17) is 9.05 Å². The van der Waals surface area contributed by atoms with Crippen molar-refractivity contribution in [1.82, 2.24) is 0 Å². The molecule has 0 N–H and O–H groups in total. The Morgan fingerprint density at radius 1 is 1.14 bits per heavy atom. The van der Waals surface area contributed by atoms with E-state index in [9.17, 15) is 9.36 Å². The van der Waals surface area contributed by atoms with Crippen LogP contribution in [0.3, 0.4) is 0 Å². The Bertz CT molecular complexity index is 511. The van der Waals surface area contributed by atoms with Gasteiger partial charge in [0, 0.05) is 6.08 Å². The Morgan fingerprint density at radius 3 is 2.19 bits per heavy atom. The Labute approximate surface area is 125 Å². The molecule has 1 aromatic carbocycles. The molecule has 0 aliphatic heterocycles. The summed E-state index contributed by atoms with van der Waals surface area (Å²) in [6, 6.07) is 7.33. The maximum absolute atomic E-state index is 12.4. The molecule has 0 atom stereocenters. The maximum atomic E-state index is 12.4. The molecule has 1 rings (SSSR count). The van der Waals surface area contributed by atoms with Gasteiger partial charge in [0.15, 0.2) is 0 Å². The lowest BCUT2D eigenvalue weighted by Crippen LogP contribution is -1.99. The monoisotopic (exact) mass is 312 g/mol. The molecule has 6 heteroatoms. The van der Waals surface area contributed by atoms with Gasteiger partial charge in [0.25, 0.3) is 0 Å². The van der Waals surface area contributed by atoms with Crippen molar-refractivity contribution in [3.8, 4) is 0 Å². The van der Waals surface area contributed by atoms with E-state index >= 15 is 0 Å². The molecule has 0 spiro atoms. The average molecular weight is 312 g/mol. The van der Waals surface area contributed by atoms with E-state index in [0.29, 0.717) is 13.2 Å². The van der Waals surface area contributed by atoms with Gasteiger partial charge in [-0.05, 0) is 31.1 Å². The van der Waals surface area contributed by atoms with E-state index in [0.717, 1.165) is 11.1 Å². The fourth-order valence-corrected chi connectivity index (χ4v) is 3.41. The maximum Gasteiger partial charge on any atom is 0.335 e. The molecule has 0 aliphatic carbocycles. The summed E-state index contributed by atoms with van der Waals surface area (Å²) in [5.74, 6) is -0.406. The third kappa shape index (κ3) is 6.25. The first-order chi connectivity index (χ1) is 10.0. The van der Waals surface area contributed by atoms with E-state index in [1.807, 2.05) is 24.3 Å². The number of hydrogen-bond acceptors (Lipinski definition) is 5. The first kappa shape index (κ1) is 17.6. The van der Waals surface area contributed by atoms with E-state index in [-0.39, 0.29) is 6.16 Å². The van der Waals surface area contributed by atoms with Crippen molar-refractivity contribution in [3.63, 3.8) is 0 Å². The number of rotatable bonds is 8. The van der Waals surface area contributed by atoms with E-state index in [1.165, 1.54) is 13.2 Å². The SMILES string of the molecule is CCOP(=O)(Cc1ccc(/C=C/C(=O)OC)cc1)OCC. The van der Waals surface area contributed by atoms with Crippen LogP contribution in [-0.2, 0) is 29.3 Å². The van der Waals surface area contributed by atoms with E-state index in [1.54, 1.807) is 19.9 Å². The van der Waals surface area contributed by atoms with Crippen LogP contribution in [0.25, 0.3) is 6.08 Å². The van der Waals surface area contributed by atoms with Crippen LogP contribution < -0.4 is 0 Å². The number of benzene rings is 1. The summed E-state index contributed by atoms with van der Waals surface area (Å²) in [7, 11) is -1.76. The zero-order chi connectivity index (χ0) is 15.7. The van der Waals surface area contributed by atoms with E-state index < -0.39 is 13.6 Å². The van der Waals surface area contributed by atoms with Gasteiger partial charge < -0.3 is 13.8 Å². The Kier molecular flexibility index (Phi) is 7.37. The summed E-state index contributed by atoms with van der Waals surface area (Å²) in [5, 5.41) is 0. The smallest absolute Gasteiger partial charge is 0.335 e. The van der Waals surface area contributed by atoms with Crippen molar-refractivity contribution in [2.45, 2.75) is 20.0 Å².